The molecule has 2 N–H and O–H groups in total. The van der Waals surface area contributed by atoms with E-state index in [1.807, 2.05) is 6.07 Å². The number of amides is 1. The van der Waals surface area contributed by atoms with Crippen molar-refractivity contribution in [2.24, 2.45) is 0 Å². The summed E-state index contributed by atoms with van der Waals surface area (Å²) in [5.41, 5.74) is 7.49. The zero-order valence-corrected chi connectivity index (χ0v) is 10.6. The van der Waals surface area contributed by atoms with Gasteiger partial charge in [-0.25, -0.2) is 0 Å². The molecule has 2 aliphatic heterocycles. The van der Waals surface area contributed by atoms with Gasteiger partial charge in [-0.2, -0.15) is 0 Å². The molecule has 1 saturated heterocycles. The first-order chi connectivity index (χ1) is 9.24. The minimum atomic E-state index is -0.0134. The molecule has 6 nitrogen and oxygen atoms in total. The van der Waals surface area contributed by atoms with Crippen LogP contribution in [0, 0.1) is 0 Å². The van der Waals surface area contributed by atoms with Gasteiger partial charge in [0.25, 0.3) is 0 Å². The van der Waals surface area contributed by atoms with Crippen LogP contribution in [0.25, 0.3) is 0 Å². The largest absolute Gasteiger partial charge is 0.486 e. The van der Waals surface area contributed by atoms with E-state index in [1.54, 1.807) is 11.0 Å². The third kappa shape index (κ3) is 2.44. The summed E-state index contributed by atoms with van der Waals surface area (Å²) >= 11 is 0. The highest BCUT2D eigenvalue weighted by atomic mass is 16.6. The molecule has 0 aliphatic carbocycles. The molecule has 102 valence electrons. The Morgan fingerprint density at radius 2 is 1.89 bits per heavy atom. The van der Waals surface area contributed by atoms with Gasteiger partial charge in [0.15, 0.2) is 11.5 Å². The number of anilines is 1. The third-order valence-electron chi connectivity index (χ3n) is 3.25. The van der Waals surface area contributed by atoms with Crippen LogP contribution in [-0.2, 0) is 16.1 Å². The van der Waals surface area contributed by atoms with Gasteiger partial charge in [0.05, 0.1) is 6.61 Å². The van der Waals surface area contributed by atoms with E-state index in [4.69, 9.17) is 19.9 Å². The van der Waals surface area contributed by atoms with Crippen molar-refractivity contribution in [3.05, 3.63) is 17.7 Å². The zero-order valence-electron chi connectivity index (χ0n) is 10.6. The second kappa shape index (κ2) is 4.97. The van der Waals surface area contributed by atoms with E-state index in [9.17, 15) is 4.79 Å². The number of nitrogen functional groups attached to an aromatic ring is 1. The van der Waals surface area contributed by atoms with E-state index < -0.39 is 0 Å². The molecule has 0 radical (unpaired) electrons. The van der Waals surface area contributed by atoms with Gasteiger partial charge in [0.2, 0.25) is 5.91 Å². The highest BCUT2D eigenvalue weighted by Gasteiger charge is 2.21. The molecular weight excluding hydrogens is 248 g/mol. The van der Waals surface area contributed by atoms with Gasteiger partial charge < -0.3 is 24.8 Å². The summed E-state index contributed by atoms with van der Waals surface area (Å²) in [6, 6.07) is 3.61. The average Bonchev–Trinajstić information content (AvgIpc) is 2.42. The minimum absolute atomic E-state index is 0.0134. The Bertz CT molecular complexity index is 504. The maximum atomic E-state index is 11.7. The Balaban J connectivity index is 1.82. The molecule has 6 heteroatoms. The van der Waals surface area contributed by atoms with Crippen molar-refractivity contribution in [1.82, 2.24) is 4.90 Å². The van der Waals surface area contributed by atoms with Crippen LogP contribution in [0.2, 0.25) is 0 Å². The average molecular weight is 264 g/mol. The van der Waals surface area contributed by atoms with Crippen molar-refractivity contribution in [2.45, 2.75) is 6.54 Å². The molecule has 2 aliphatic rings. The summed E-state index contributed by atoms with van der Waals surface area (Å²) in [7, 11) is 0. The Morgan fingerprint density at radius 3 is 2.63 bits per heavy atom. The molecule has 19 heavy (non-hydrogen) atoms. The van der Waals surface area contributed by atoms with E-state index in [2.05, 4.69) is 0 Å². The Labute approximate surface area is 111 Å². The number of rotatable bonds is 2. The van der Waals surface area contributed by atoms with E-state index in [1.165, 1.54) is 0 Å². The number of morpholine rings is 1. The summed E-state index contributed by atoms with van der Waals surface area (Å²) in [5, 5.41) is 0. The number of ether oxygens (including phenoxy) is 3. The van der Waals surface area contributed by atoms with Crippen LogP contribution < -0.4 is 15.2 Å². The first-order valence-electron chi connectivity index (χ1n) is 6.27. The fraction of sp³-hybridized carbons (Fsp3) is 0.462. The lowest BCUT2D eigenvalue weighted by Gasteiger charge is -2.28. The summed E-state index contributed by atoms with van der Waals surface area (Å²) < 4.78 is 16.1. The van der Waals surface area contributed by atoms with Gasteiger partial charge in [-0.15, -0.1) is 0 Å². The van der Waals surface area contributed by atoms with Crippen molar-refractivity contribution in [2.75, 3.05) is 38.7 Å². The van der Waals surface area contributed by atoms with E-state index >= 15 is 0 Å². The Morgan fingerprint density at radius 1 is 1.16 bits per heavy atom. The number of nitrogens with zero attached hydrogens (tertiary/aromatic N) is 1. The molecule has 0 aromatic heterocycles. The molecule has 1 amide bonds. The molecule has 1 aromatic carbocycles. The number of hydrogen-bond acceptors (Lipinski definition) is 5. The molecule has 1 fully saturated rings. The summed E-state index contributed by atoms with van der Waals surface area (Å²) in [6.07, 6.45) is 0. The number of benzene rings is 1. The molecule has 2 heterocycles. The number of nitrogens with two attached hydrogens (primary N) is 1. The molecule has 0 saturated carbocycles. The van der Waals surface area contributed by atoms with Crippen molar-refractivity contribution in [3.8, 4) is 11.5 Å². The van der Waals surface area contributed by atoms with Crippen molar-refractivity contribution >= 4 is 11.6 Å². The standard InChI is InChI=1S/C13H16N2O4/c14-10-6-12-11(18-3-4-19-12)5-9(10)7-15-1-2-17-8-13(15)16/h5-6H,1-4,7-8,14H2. The van der Waals surface area contributed by atoms with Crippen molar-refractivity contribution in [1.29, 1.82) is 0 Å². The maximum absolute atomic E-state index is 11.7. The van der Waals surface area contributed by atoms with Gasteiger partial charge in [-0.05, 0) is 11.6 Å². The predicted molar refractivity (Wildman–Crippen MR) is 68.1 cm³/mol. The number of carbonyl (C=O) groups is 1. The van der Waals surface area contributed by atoms with Gasteiger partial charge in [-0.3, -0.25) is 4.79 Å². The smallest absolute Gasteiger partial charge is 0.248 e. The monoisotopic (exact) mass is 264 g/mol. The molecule has 0 spiro atoms. The highest BCUT2D eigenvalue weighted by Crippen LogP contribution is 2.34. The first kappa shape index (κ1) is 12.1. The lowest BCUT2D eigenvalue weighted by atomic mass is 10.1. The maximum Gasteiger partial charge on any atom is 0.248 e. The van der Waals surface area contributed by atoms with Crippen LogP contribution in [0.4, 0.5) is 5.69 Å². The van der Waals surface area contributed by atoms with E-state index in [0.29, 0.717) is 50.1 Å². The lowest BCUT2D eigenvalue weighted by molar-refractivity contribution is -0.143. The molecule has 0 unspecified atom stereocenters. The fourth-order valence-electron chi connectivity index (χ4n) is 2.21. The molecule has 1 aromatic rings. The fourth-order valence-corrected chi connectivity index (χ4v) is 2.21. The number of carbonyl (C=O) groups excluding carboxylic acids is 1. The van der Waals surface area contributed by atoms with Crippen LogP contribution >= 0.6 is 0 Å². The normalized spacial score (nSPS) is 18.5. The quantitative estimate of drug-likeness (QED) is 0.783. The molecular formula is C13H16N2O4. The van der Waals surface area contributed by atoms with Gasteiger partial charge in [0.1, 0.15) is 19.8 Å². The van der Waals surface area contributed by atoms with Crippen LogP contribution in [-0.4, -0.2) is 43.8 Å². The van der Waals surface area contributed by atoms with E-state index in [-0.39, 0.29) is 12.5 Å². The Kier molecular flexibility index (Phi) is 3.16. The van der Waals surface area contributed by atoms with Crippen LogP contribution in [0.5, 0.6) is 11.5 Å². The lowest BCUT2D eigenvalue weighted by Crippen LogP contribution is -2.41. The Hall–Kier alpha value is -1.95. The van der Waals surface area contributed by atoms with Crippen molar-refractivity contribution in [3.63, 3.8) is 0 Å². The number of fused-ring (bicyclic) bond motifs is 1. The van der Waals surface area contributed by atoms with Gasteiger partial charge in [0, 0.05) is 24.8 Å². The van der Waals surface area contributed by atoms with Crippen molar-refractivity contribution < 1.29 is 19.0 Å². The highest BCUT2D eigenvalue weighted by molar-refractivity contribution is 5.78. The zero-order chi connectivity index (χ0) is 13.2. The second-order valence-electron chi connectivity index (χ2n) is 4.56. The minimum Gasteiger partial charge on any atom is -0.486 e. The van der Waals surface area contributed by atoms with Crippen LogP contribution in [0.3, 0.4) is 0 Å². The van der Waals surface area contributed by atoms with Gasteiger partial charge in [-0.1, -0.05) is 0 Å². The predicted octanol–water partition coefficient (Wildman–Crippen LogP) is 0.399. The summed E-state index contributed by atoms with van der Waals surface area (Å²) in [5.74, 6) is 1.34. The van der Waals surface area contributed by atoms with Crippen LogP contribution in [0.15, 0.2) is 12.1 Å². The molecule has 0 atom stereocenters. The molecule has 0 bridgehead atoms. The van der Waals surface area contributed by atoms with Crippen LogP contribution in [0.1, 0.15) is 5.56 Å². The SMILES string of the molecule is Nc1cc2c(cc1CN1CCOCC1=O)OCCO2. The summed E-state index contributed by atoms with van der Waals surface area (Å²) in [4.78, 5) is 13.4. The number of hydrogen-bond donors (Lipinski definition) is 1. The topological polar surface area (TPSA) is 74.0 Å². The summed E-state index contributed by atoms with van der Waals surface area (Å²) in [6.45, 7) is 2.85. The second-order valence-corrected chi connectivity index (χ2v) is 4.56. The molecule has 3 rings (SSSR count). The third-order valence-corrected chi connectivity index (χ3v) is 3.25. The van der Waals surface area contributed by atoms with E-state index in [0.717, 1.165) is 5.56 Å². The first-order valence-corrected chi connectivity index (χ1v) is 6.27. The van der Waals surface area contributed by atoms with Gasteiger partial charge >= 0.3 is 0 Å².